The summed E-state index contributed by atoms with van der Waals surface area (Å²) in [6.45, 7) is 0.369. The second-order valence-electron chi connectivity index (χ2n) is 4.24. The van der Waals surface area contributed by atoms with Crippen molar-refractivity contribution in [3.8, 4) is 0 Å². The lowest BCUT2D eigenvalue weighted by atomic mass is 10.3. The number of nitrogens with one attached hydrogen (secondary N) is 1. The maximum absolute atomic E-state index is 12.0. The first-order valence-electron chi connectivity index (χ1n) is 6.05. The van der Waals surface area contributed by atoms with E-state index in [9.17, 15) is 4.79 Å². The normalized spacial score (nSPS) is 10.7. The van der Waals surface area contributed by atoms with Crippen molar-refractivity contribution >= 4 is 23.2 Å². The first-order chi connectivity index (χ1) is 9.72. The van der Waals surface area contributed by atoms with E-state index in [2.05, 4.69) is 15.3 Å². The smallest absolute Gasteiger partial charge is 0.271 e. The van der Waals surface area contributed by atoms with Crippen molar-refractivity contribution in [2.45, 2.75) is 6.54 Å². The molecule has 1 N–H and O–H groups in total. The number of hydrogen-bond donors (Lipinski definition) is 1. The summed E-state index contributed by atoms with van der Waals surface area (Å²) in [6, 6.07) is 9.06. The molecule has 5 nitrogen and oxygen atoms in total. The third-order valence-corrected chi connectivity index (χ3v) is 3.03. The molecule has 20 heavy (non-hydrogen) atoms. The zero-order chi connectivity index (χ0) is 13.9. The van der Waals surface area contributed by atoms with Crippen LogP contribution in [0.4, 0.5) is 0 Å². The van der Waals surface area contributed by atoms with Gasteiger partial charge in [-0.2, -0.15) is 0 Å². The van der Waals surface area contributed by atoms with E-state index < -0.39 is 0 Å². The molecule has 3 aromatic rings. The van der Waals surface area contributed by atoms with Gasteiger partial charge in [-0.15, -0.1) is 0 Å². The quantitative estimate of drug-likeness (QED) is 0.804. The van der Waals surface area contributed by atoms with Gasteiger partial charge in [-0.05, 0) is 24.3 Å². The predicted molar refractivity (Wildman–Crippen MR) is 75.6 cm³/mol. The van der Waals surface area contributed by atoms with Crippen molar-refractivity contribution in [2.75, 3.05) is 0 Å². The minimum Gasteiger partial charge on any atom is -0.345 e. The van der Waals surface area contributed by atoms with E-state index in [0.717, 1.165) is 5.69 Å². The zero-order valence-electron chi connectivity index (χ0n) is 10.5. The highest BCUT2D eigenvalue weighted by molar-refractivity contribution is 6.30. The number of aromatic nitrogens is 3. The van der Waals surface area contributed by atoms with E-state index in [4.69, 9.17) is 11.6 Å². The van der Waals surface area contributed by atoms with Crippen LogP contribution in [-0.2, 0) is 6.54 Å². The summed E-state index contributed by atoms with van der Waals surface area (Å²) in [5.41, 5.74) is 1.83. The first-order valence-corrected chi connectivity index (χ1v) is 6.42. The Hall–Kier alpha value is -2.40. The minimum atomic E-state index is -0.240. The number of imidazole rings is 1. The lowest BCUT2D eigenvalue weighted by Crippen LogP contribution is -2.23. The van der Waals surface area contributed by atoms with Crippen molar-refractivity contribution in [1.82, 2.24) is 19.7 Å². The Labute approximate surface area is 120 Å². The van der Waals surface area contributed by atoms with Crippen molar-refractivity contribution in [2.24, 2.45) is 0 Å². The van der Waals surface area contributed by atoms with Crippen molar-refractivity contribution in [3.05, 3.63) is 65.3 Å². The fourth-order valence-corrected chi connectivity index (χ4v) is 2.01. The van der Waals surface area contributed by atoms with Crippen molar-refractivity contribution in [3.63, 3.8) is 0 Å². The van der Waals surface area contributed by atoms with Crippen LogP contribution >= 0.6 is 11.6 Å². The summed E-state index contributed by atoms with van der Waals surface area (Å²) >= 11 is 5.89. The molecule has 0 spiro atoms. The van der Waals surface area contributed by atoms with E-state index in [0.29, 0.717) is 22.9 Å². The monoisotopic (exact) mass is 286 g/mol. The number of amides is 1. The van der Waals surface area contributed by atoms with Gasteiger partial charge >= 0.3 is 0 Å². The molecule has 0 saturated carbocycles. The summed E-state index contributed by atoms with van der Waals surface area (Å²) in [5.74, 6) is -0.240. The molecule has 3 aromatic heterocycles. The van der Waals surface area contributed by atoms with Crippen LogP contribution in [0.25, 0.3) is 5.65 Å². The van der Waals surface area contributed by atoms with Crippen molar-refractivity contribution in [1.29, 1.82) is 0 Å². The molecule has 0 bridgehead atoms. The van der Waals surface area contributed by atoms with Gasteiger partial charge in [0.05, 0.1) is 17.3 Å². The third-order valence-electron chi connectivity index (χ3n) is 2.80. The summed E-state index contributed by atoms with van der Waals surface area (Å²) in [5, 5.41) is 3.37. The standard InChI is InChI=1S/C14H11ClN4O/c15-10-4-5-13-18-12(9-19(13)8-10)14(20)17-7-11-3-1-2-6-16-11/h1-6,8-9H,7H2,(H,17,20). The number of carbonyl (C=O) groups excluding carboxylic acids is 1. The topological polar surface area (TPSA) is 59.3 Å². The molecular formula is C14H11ClN4O. The number of pyridine rings is 2. The predicted octanol–water partition coefficient (Wildman–Crippen LogP) is 2.31. The van der Waals surface area contributed by atoms with Crippen LogP contribution in [0.5, 0.6) is 0 Å². The SMILES string of the molecule is O=C(NCc1ccccn1)c1cn2cc(Cl)ccc2n1. The Morgan fingerprint density at radius 1 is 1.25 bits per heavy atom. The molecule has 0 aliphatic heterocycles. The molecule has 6 heteroatoms. The lowest BCUT2D eigenvalue weighted by molar-refractivity contribution is 0.0946. The van der Waals surface area contributed by atoms with Crippen LogP contribution < -0.4 is 5.32 Å². The summed E-state index contributed by atoms with van der Waals surface area (Å²) in [6.07, 6.45) is 5.04. The van der Waals surface area contributed by atoms with Crippen LogP contribution in [0.15, 0.2) is 48.9 Å². The molecule has 1 amide bonds. The molecule has 3 rings (SSSR count). The van der Waals surface area contributed by atoms with Gasteiger partial charge in [-0.25, -0.2) is 4.98 Å². The Morgan fingerprint density at radius 3 is 2.95 bits per heavy atom. The maximum Gasteiger partial charge on any atom is 0.271 e. The fraction of sp³-hybridized carbons (Fsp3) is 0.0714. The molecule has 100 valence electrons. The van der Waals surface area contributed by atoms with Crippen LogP contribution in [0.1, 0.15) is 16.2 Å². The van der Waals surface area contributed by atoms with Crippen LogP contribution in [0.3, 0.4) is 0 Å². The van der Waals surface area contributed by atoms with Crippen LogP contribution in [-0.4, -0.2) is 20.3 Å². The van der Waals surface area contributed by atoms with Crippen LogP contribution in [0.2, 0.25) is 5.02 Å². The first kappa shape index (κ1) is 12.6. The number of nitrogens with zero attached hydrogens (tertiary/aromatic N) is 3. The fourth-order valence-electron chi connectivity index (χ4n) is 1.84. The van der Waals surface area contributed by atoms with Gasteiger partial charge in [0.15, 0.2) is 0 Å². The number of fused-ring (bicyclic) bond motifs is 1. The van der Waals surface area contributed by atoms with Crippen LogP contribution in [0, 0.1) is 0 Å². The Balaban J connectivity index is 1.75. The Bertz CT molecular complexity index is 754. The van der Waals surface area contributed by atoms with E-state index >= 15 is 0 Å². The van der Waals surface area contributed by atoms with Gasteiger partial charge in [0, 0.05) is 18.6 Å². The maximum atomic E-state index is 12.0. The van der Waals surface area contributed by atoms with Gasteiger partial charge < -0.3 is 9.72 Å². The third kappa shape index (κ3) is 2.62. The summed E-state index contributed by atoms with van der Waals surface area (Å²) in [7, 11) is 0. The molecule has 0 radical (unpaired) electrons. The molecule has 0 atom stereocenters. The molecule has 0 unspecified atom stereocenters. The van der Waals surface area contributed by atoms with E-state index in [1.165, 1.54) is 0 Å². The molecule has 0 saturated heterocycles. The molecule has 0 fully saturated rings. The number of halogens is 1. The van der Waals surface area contributed by atoms with Gasteiger partial charge in [0.1, 0.15) is 11.3 Å². The van der Waals surface area contributed by atoms with E-state index in [1.54, 1.807) is 35.1 Å². The average molecular weight is 287 g/mol. The van der Waals surface area contributed by atoms with E-state index in [-0.39, 0.29) is 5.91 Å². The molecule has 0 aliphatic rings. The average Bonchev–Trinajstić information content (AvgIpc) is 2.89. The second kappa shape index (κ2) is 5.30. The van der Waals surface area contributed by atoms with Gasteiger partial charge in [0.2, 0.25) is 0 Å². The van der Waals surface area contributed by atoms with Gasteiger partial charge in [-0.1, -0.05) is 17.7 Å². The lowest BCUT2D eigenvalue weighted by Gasteiger charge is -2.01. The zero-order valence-corrected chi connectivity index (χ0v) is 11.2. The molecule has 0 aliphatic carbocycles. The van der Waals surface area contributed by atoms with Gasteiger partial charge in [-0.3, -0.25) is 9.78 Å². The highest BCUT2D eigenvalue weighted by Gasteiger charge is 2.10. The van der Waals surface area contributed by atoms with Gasteiger partial charge in [0.25, 0.3) is 5.91 Å². The van der Waals surface area contributed by atoms with Crippen molar-refractivity contribution < 1.29 is 4.79 Å². The highest BCUT2D eigenvalue weighted by Crippen LogP contribution is 2.11. The van der Waals surface area contributed by atoms with E-state index in [1.807, 2.05) is 18.2 Å². The Kier molecular flexibility index (Phi) is 3.35. The number of rotatable bonds is 3. The molecular weight excluding hydrogens is 276 g/mol. The Morgan fingerprint density at radius 2 is 2.15 bits per heavy atom. The summed E-state index contributed by atoms with van der Waals surface area (Å²) < 4.78 is 1.72. The summed E-state index contributed by atoms with van der Waals surface area (Å²) in [4.78, 5) is 20.4. The number of carbonyl (C=O) groups is 1. The highest BCUT2D eigenvalue weighted by atomic mass is 35.5. The number of hydrogen-bond acceptors (Lipinski definition) is 3. The largest absolute Gasteiger partial charge is 0.345 e. The molecule has 3 heterocycles. The molecule has 0 aromatic carbocycles. The second-order valence-corrected chi connectivity index (χ2v) is 4.68. The minimum absolute atomic E-state index is 0.240.